The Morgan fingerprint density at radius 1 is 1.03 bits per heavy atom. The molecule has 0 bridgehead atoms. The van der Waals surface area contributed by atoms with Crippen LogP contribution in [0.1, 0.15) is 11.1 Å². The third-order valence-electron chi connectivity index (χ3n) is 4.77. The summed E-state index contributed by atoms with van der Waals surface area (Å²) >= 11 is 1.20. The first-order chi connectivity index (χ1) is 14.8. The zero-order chi connectivity index (χ0) is 22.0. The zero-order valence-corrected chi connectivity index (χ0v) is 17.8. The molecule has 2 aliphatic heterocycles. The van der Waals surface area contributed by atoms with Crippen LogP contribution in [-0.2, 0) is 6.18 Å². The van der Waals surface area contributed by atoms with E-state index in [1.165, 1.54) is 29.4 Å². The lowest BCUT2D eigenvalue weighted by molar-refractivity contribution is -0.137. The summed E-state index contributed by atoms with van der Waals surface area (Å²) in [6, 6.07) is 11.8. The van der Waals surface area contributed by atoms with Gasteiger partial charge in [0.15, 0.2) is 0 Å². The zero-order valence-electron chi connectivity index (χ0n) is 16.0. The number of nitrogens with two attached hydrogens (primary N) is 1. The van der Waals surface area contributed by atoms with Crippen LogP contribution < -0.4 is 21.1 Å². The van der Waals surface area contributed by atoms with E-state index in [1.807, 2.05) is 36.4 Å². The SMILES string of the molecule is NSc1ccc(C2=CC=C3C(NC(=O)Nc4ccc(C(F)(F)F)cc4)=CNC3P2)cc1. The molecule has 31 heavy (non-hydrogen) atoms. The van der Waals surface area contributed by atoms with E-state index in [4.69, 9.17) is 5.14 Å². The lowest BCUT2D eigenvalue weighted by atomic mass is 10.1. The van der Waals surface area contributed by atoms with E-state index >= 15 is 0 Å². The molecule has 2 heterocycles. The molecule has 4 rings (SSSR count). The van der Waals surface area contributed by atoms with Crippen molar-refractivity contribution >= 4 is 37.6 Å². The molecule has 2 atom stereocenters. The van der Waals surface area contributed by atoms with E-state index < -0.39 is 17.8 Å². The Balaban J connectivity index is 1.40. The highest BCUT2D eigenvalue weighted by atomic mass is 32.2. The van der Waals surface area contributed by atoms with Crippen LogP contribution in [0.5, 0.6) is 0 Å². The second-order valence-electron chi connectivity index (χ2n) is 6.80. The normalized spacial score (nSPS) is 18.5. The molecule has 2 unspecified atom stereocenters. The van der Waals surface area contributed by atoms with E-state index in [9.17, 15) is 18.0 Å². The maximum Gasteiger partial charge on any atom is 0.416 e. The van der Waals surface area contributed by atoms with Crippen LogP contribution >= 0.6 is 20.5 Å². The lowest BCUT2D eigenvalue weighted by Gasteiger charge is -2.21. The maximum absolute atomic E-state index is 12.7. The van der Waals surface area contributed by atoms with Crippen molar-refractivity contribution in [2.45, 2.75) is 16.9 Å². The second kappa shape index (κ2) is 8.78. The second-order valence-corrected chi connectivity index (χ2v) is 8.91. The standard InChI is InChI=1S/C21H18F3N4OPS/c22-21(23,24)13-3-5-14(6-4-13)27-20(29)28-17-11-26-19-16(17)9-10-18(30-19)12-1-7-15(31-25)8-2-12/h1-11,19,26,30H,25H2,(H2,27,28,29). The fourth-order valence-corrected chi connectivity index (χ4v) is 4.90. The molecule has 0 saturated heterocycles. The molecule has 0 saturated carbocycles. The number of alkyl halides is 3. The van der Waals surface area contributed by atoms with E-state index in [0.29, 0.717) is 14.3 Å². The first kappa shape index (κ1) is 21.5. The van der Waals surface area contributed by atoms with Gasteiger partial charge in [-0.2, -0.15) is 13.2 Å². The summed E-state index contributed by atoms with van der Waals surface area (Å²) < 4.78 is 38.0. The van der Waals surface area contributed by atoms with Crippen molar-refractivity contribution in [1.29, 1.82) is 0 Å². The van der Waals surface area contributed by atoms with Crippen molar-refractivity contribution in [1.82, 2.24) is 10.6 Å². The third kappa shape index (κ3) is 4.95. The highest BCUT2D eigenvalue weighted by Crippen LogP contribution is 2.45. The first-order valence-corrected chi connectivity index (χ1v) is 11.2. The van der Waals surface area contributed by atoms with Gasteiger partial charge in [-0.25, -0.2) is 4.79 Å². The van der Waals surface area contributed by atoms with E-state index in [-0.39, 0.29) is 11.5 Å². The number of fused-ring (bicyclic) bond motifs is 1. The van der Waals surface area contributed by atoms with Crippen molar-refractivity contribution in [2.24, 2.45) is 5.14 Å². The summed E-state index contributed by atoms with van der Waals surface area (Å²) in [5, 5.41) is 15.3. The predicted molar refractivity (Wildman–Crippen MR) is 119 cm³/mol. The van der Waals surface area contributed by atoms with Gasteiger partial charge in [0.25, 0.3) is 0 Å². The molecule has 10 heteroatoms. The smallest absolute Gasteiger partial charge is 0.378 e. The topological polar surface area (TPSA) is 79.2 Å². The molecule has 0 aromatic heterocycles. The minimum Gasteiger partial charge on any atom is -0.378 e. The number of rotatable bonds is 4. The highest BCUT2D eigenvalue weighted by molar-refractivity contribution is 7.97. The van der Waals surface area contributed by atoms with Gasteiger partial charge in [0.2, 0.25) is 0 Å². The van der Waals surface area contributed by atoms with E-state index in [2.05, 4.69) is 16.0 Å². The maximum atomic E-state index is 12.7. The number of hydrogen-bond donors (Lipinski definition) is 4. The molecule has 2 aliphatic rings. The van der Waals surface area contributed by atoms with Crippen molar-refractivity contribution in [3.63, 3.8) is 0 Å². The van der Waals surface area contributed by atoms with Gasteiger partial charge in [0, 0.05) is 22.4 Å². The minimum atomic E-state index is -4.41. The van der Waals surface area contributed by atoms with Crippen molar-refractivity contribution < 1.29 is 18.0 Å². The Bertz CT molecular complexity index is 1080. The molecule has 0 fully saturated rings. The summed E-state index contributed by atoms with van der Waals surface area (Å²) in [7, 11) is 0.464. The van der Waals surface area contributed by atoms with Gasteiger partial charge in [-0.1, -0.05) is 32.9 Å². The molecule has 160 valence electrons. The Morgan fingerprint density at radius 3 is 2.39 bits per heavy atom. The quantitative estimate of drug-likeness (QED) is 0.371. The van der Waals surface area contributed by atoms with Gasteiger partial charge in [-0.05, 0) is 59.2 Å². The van der Waals surface area contributed by atoms with Crippen LogP contribution in [0.15, 0.2) is 83.0 Å². The molecule has 0 radical (unpaired) electrons. The monoisotopic (exact) mass is 462 g/mol. The van der Waals surface area contributed by atoms with Crippen LogP contribution in [0.2, 0.25) is 0 Å². The largest absolute Gasteiger partial charge is 0.416 e. The molecule has 2 aromatic carbocycles. The summed E-state index contributed by atoms with van der Waals surface area (Å²) in [6.07, 6.45) is 1.32. The average Bonchev–Trinajstić information content (AvgIpc) is 3.15. The summed E-state index contributed by atoms with van der Waals surface area (Å²) in [5.74, 6) is 0.0601. The third-order valence-corrected chi connectivity index (χ3v) is 6.84. The molecular weight excluding hydrogens is 444 g/mol. The number of allylic oxidation sites excluding steroid dienone is 2. The summed E-state index contributed by atoms with van der Waals surface area (Å²) in [5.41, 5.74) is 2.21. The first-order valence-electron chi connectivity index (χ1n) is 9.21. The number of carbonyl (C=O) groups is 1. The van der Waals surface area contributed by atoms with Crippen LogP contribution in [0.25, 0.3) is 5.31 Å². The van der Waals surface area contributed by atoms with Gasteiger partial charge < -0.3 is 16.0 Å². The summed E-state index contributed by atoms with van der Waals surface area (Å²) in [6.45, 7) is 0. The molecule has 2 aromatic rings. The van der Waals surface area contributed by atoms with Crippen molar-refractivity contribution in [3.8, 4) is 0 Å². The Kier molecular flexibility index (Phi) is 6.09. The van der Waals surface area contributed by atoms with Crippen LogP contribution in [0.4, 0.5) is 23.7 Å². The predicted octanol–water partition coefficient (Wildman–Crippen LogP) is 5.22. The molecular formula is C21H18F3N4OPS. The number of nitrogens with one attached hydrogen (secondary N) is 3. The van der Waals surface area contributed by atoms with Crippen LogP contribution in [0.3, 0.4) is 0 Å². The Labute approximate surface area is 183 Å². The van der Waals surface area contributed by atoms with Crippen molar-refractivity contribution in [3.05, 3.63) is 89.3 Å². The number of urea groups is 1. The highest BCUT2D eigenvalue weighted by Gasteiger charge is 2.30. The molecule has 2 amide bonds. The molecule has 0 aliphatic carbocycles. The Morgan fingerprint density at radius 2 is 1.74 bits per heavy atom. The molecule has 5 N–H and O–H groups in total. The fourth-order valence-electron chi connectivity index (χ4n) is 3.21. The average molecular weight is 462 g/mol. The molecule has 0 spiro atoms. The Hall–Kier alpha value is -2.74. The van der Waals surface area contributed by atoms with Gasteiger partial charge in [-0.3, -0.25) is 5.14 Å². The van der Waals surface area contributed by atoms with Gasteiger partial charge in [-0.15, -0.1) is 0 Å². The minimum absolute atomic E-state index is 0.0601. The van der Waals surface area contributed by atoms with Gasteiger partial charge in [0.05, 0.1) is 17.0 Å². The number of anilines is 1. The van der Waals surface area contributed by atoms with E-state index in [0.717, 1.165) is 28.2 Å². The molecule has 5 nitrogen and oxygen atoms in total. The lowest BCUT2D eigenvalue weighted by Crippen LogP contribution is -2.29. The van der Waals surface area contributed by atoms with Gasteiger partial charge in [0.1, 0.15) is 0 Å². The van der Waals surface area contributed by atoms with Crippen LogP contribution in [0, 0.1) is 0 Å². The summed E-state index contributed by atoms with van der Waals surface area (Å²) in [4.78, 5) is 13.3. The number of carbonyl (C=O) groups excluding carboxylic acids is 1. The van der Waals surface area contributed by atoms with Gasteiger partial charge >= 0.3 is 12.2 Å². The number of amides is 2. The fraction of sp³-hybridized carbons (Fsp3) is 0.0952. The van der Waals surface area contributed by atoms with Crippen LogP contribution in [-0.4, -0.2) is 11.8 Å². The van der Waals surface area contributed by atoms with E-state index in [1.54, 1.807) is 6.20 Å². The number of benzene rings is 2. The number of halogens is 3. The number of hydrogen-bond acceptors (Lipinski definition) is 4. The van der Waals surface area contributed by atoms with Crippen molar-refractivity contribution in [2.75, 3.05) is 5.32 Å².